The van der Waals surface area contributed by atoms with Gasteiger partial charge in [-0.1, -0.05) is 18.2 Å². The second-order valence-corrected chi connectivity index (χ2v) is 6.31. The topological polar surface area (TPSA) is 84.5 Å². The van der Waals surface area contributed by atoms with Crippen molar-refractivity contribution in [3.05, 3.63) is 30.3 Å². The highest BCUT2D eigenvalue weighted by atomic mass is 32.2. The zero-order valence-corrected chi connectivity index (χ0v) is 10.2. The Balaban J connectivity index is 2.20. The van der Waals surface area contributed by atoms with E-state index in [1.54, 1.807) is 0 Å². The largest absolute Gasteiger partial charge is 0.312 e. The summed E-state index contributed by atoms with van der Waals surface area (Å²) in [6, 6.07) is 9.34. The van der Waals surface area contributed by atoms with Gasteiger partial charge in [0.05, 0.1) is 17.2 Å². The third-order valence-corrected chi connectivity index (χ3v) is 4.54. The average Bonchev–Trinajstić information content (AvgIpc) is 2.68. The molecule has 1 atom stereocenters. The van der Waals surface area contributed by atoms with Crippen LogP contribution in [-0.4, -0.2) is 25.8 Å². The van der Waals surface area contributed by atoms with Crippen LogP contribution in [0.1, 0.15) is 6.42 Å². The molecule has 0 amide bonds. The number of nitrogens with two attached hydrogens (primary N) is 1. The van der Waals surface area contributed by atoms with Crippen molar-refractivity contribution in [2.75, 3.05) is 11.5 Å². The molecule has 1 heterocycles. The van der Waals surface area contributed by atoms with E-state index in [-0.39, 0.29) is 17.4 Å². The Bertz CT molecular complexity index is 511. The molecule has 0 aliphatic carbocycles. The molecule has 0 spiro atoms. The molecule has 1 saturated heterocycles. The first-order valence-electron chi connectivity index (χ1n) is 5.41. The molecule has 6 heteroatoms. The van der Waals surface area contributed by atoms with Crippen LogP contribution in [0, 0.1) is 5.92 Å². The zero-order valence-electron chi connectivity index (χ0n) is 9.33. The highest BCUT2D eigenvalue weighted by molar-refractivity contribution is 7.91. The van der Waals surface area contributed by atoms with Crippen LogP contribution >= 0.6 is 0 Å². The van der Waals surface area contributed by atoms with Crippen molar-refractivity contribution >= 4 is 21.4 Å². The molecule has 1 unspecified atom stereocenters. The van der Waals surface area contributed by atoms with Crippen LogP contribution in [0.3, 0.4) is 0 Å². The maximum absolute atomic E-state index is 11.4. The van der Waals surface area contributed by atoms with Gasteiger partial charge in [0, 0.05) is 5.92 Å². The predicted octanol–water partition coefficient (Wildman–Crippen LogP) is 0.615. The standard InChI is InChI=1S/C11H15N3O2S/c12-14-11(9-6-7-17(15,16)8-9)13-10-4-2-1-3-5-10/h1-5,9H,6-8,12H2,(H,13,14). The first-order chi connectivity index (χ1) is 8.11. The number of hydrazine groups is 1. The number of hydrogen-bond donors (Lipinski definition) is 2. The van der Waals surface area contributed by atoms with Crippen LogP contribution in [0.5, 0.6) is 0 Å². The van der Waals surface area contributed by atoms with E-state index in [1.165, 1.54) is 0 Å². The van der Waals surface area contributed by atoms with Gasteiger partial charge in [-0.3, -0.25) is 0 Å². The second kappa shape index (κ2) is 4.85. The number of aliphatic imine (C=N–C) groups is 1. The highest BCUT2D eigenvalue weighted by Gasteiger charge is 2.31. The van der Waals surface area contributed by atoms with Gasteiger partial charge in [0.25, 0.3) is 0 Å². The van der Waals surface area contributed by atoms with Crippen LogP contribution in [0.2, 0.25) is 0 Å². The summed E-state index contributed by atoms with van der Waals surface area (Å²) in [6.07, 6.45) is 0.582. The lowest BCUT2D eigenvalue weighted by molar-refractivity contribution is 0.601. The molecule has 2 rings (SSSR count). The molecule has 0 saturated carbocycles. The molecule has 1 aliphatic rings. The lowest BCUT2D eigenvalue weighted by Gasteiger charge is -2.11. The zero-order chi connectivity index (χ0) is 12.3. The fourth-order valence-corrected chi connectivity index (χ4v) is 3.64. The fraction of sp³-hybridized carbons (Fsp3) is 0.364. The Morgan fingerprint density at radius 2 is 2.06 bits per heavy atom. The molecule has 0 radical (unpaired) electrons. The van der Waals surface area contributed by atoms with Crippen LogP contribution < -0.4 is 11.3 Å². The third kappa shape index (κ3) is 3.04. The Hall–Kier alpha value is -1.40. The van der Waals surface area contributed by atoms with Gasteiger partial charge in [-0.05, 0) is 18.6 Å². The minimum absolute atomic E-state index is 0.120. The summed E-state index contributed by atoms with van der Waals surface area (Å²) in [4.78, 5) is 4.34. The van der Waals surface area contributed by atoms with E-state index in [9.17, 15) is 8.42 Å². The molecule has 3 N–H and O–H groups in total. The first kappa shape index (κ1) is 12.1. The highest BCUT2D eigenvalue weighted by Crippen LogP contribution is 2.21. The maximum Gasteiger partial charge on any atom is 0.151 e. The molecule has 1 fully saturated rings. The van der Waals surface area contributed by atoms with Crippen molar-refractivity contribution in [1.29, 1.82) is 0 Å². The minimum atomic E-state index is -2.92. The number of rotatable bonds is 2. The van der Waals surface area contributed by atoms with Crippen LogP contribution in [0.4, 0.5) is 5.69 Å². The van der Waals surface area contributed by atoms with E-state index in [0.29, 0.717) is 12.3 Å². The summed E-state index contributed by atoms with van der Waals surface area (Å²) in [5.74, 6) is 6.18. The van der Waals surface area contributed by atoms with Crippen molar-refractivity contribution in [2.24, 2.45) is 16.8 Å². The monoisotopic (exact) mass is 253 g/mol. The molecule has 0 bridgehead atoms. The van der Waals surface area contributed by atoms with Gasteiger partial charge < -0.3 is 5.43 Å². The summed E-state index contributed by atoms with van der Waals surface area (Å²) >= 11 is 0. The second-order valence-electron chi connectivity index (χ2n) is 4.08. The van der Waals surface area contributed by atoms with Crippen LogP contribution in [-0.2, 0) is 9.84 Å². The van der Waals surface area contributed by atoms with E-state index in [4.69, 9.17) is 5.84 Å². The van der Waals surface area contributed by atoms with Crippen molar-refractivity contribution in [3.8, 4) is 0 Å². The molecule has 0 aromatic heterocycles. The summed E-state index contributed by atoms with van der Waals surface area (Å²) < 4.78 is 22.8. The van der Waals surface area contributed by atoms with E-state index in [0.717, 1.165) is 5.69 Å². The predicted molar refractivity (Wildman–Crippen MR) is 67.6 cm³/mol. The molecular formula is C11H15N3O2S. The molecule has 1 aromatic rings. The van der Waals surface area contributed by atoms with Crippen molar-refractivity contribution in [3.63, 3.8) is 0 Å². The normalized spacial score (nSPS) is 23.6. The van der Waals surface area contributed by atoms with Gasteiger partial charge in [0.1, 0.15) is 5.84 Å². The summed E-state index contributed by atoms with van der Waals surface area (Å²) in [7, 11) is -2.92. The molecular weight excluding hydrogens is 238 g/mol. The number of benzene rings is 1. The third-order valence-electron chi connectivity index (χ3n) is 2.77. The van der Waals surface area contributed by atoms with E-state index >= 15 is 0 Å². The van der Waals surface area contributed by atoms with Gasteiger partial charge in [0.15, 0.2) is 9.84 Å². The Morgan fingerprint density at radius 3 is 2.59 bits per heavy atom. The van der Waals surface area contributed by atoms with Crippen molar-refractivity contribution in [1.82, 2.24) is 5.43 Å². The van der Waals surface area contributed by atoms with Gasteiger partial charge in [-0.2, -0.15) is 0 Å². The average molecular weight is 253 g/mol. The van der Waals surface area contributed by atoms with Gasteiger partial charge in [-0.25, -0.2) is 19.3 Å². The van der Waals surface area contributed by atoms with Gasteiger partial charge in [0.2, 0.25) is 0 Å². The van der Waals surface area contributed by atoms with Crippen LogP contribution in [0.15, 0.2) is 35.3 Å². The number of hydrogen-bond acceptors (Lipinski definition) is 4. The Labute approximate surface area is 101 Å². The smallest absolute Gasteiger partial charge is 0.151 e. The van der Waals surface area contributed by atoms with Crippen molar-refractivity contribution in [2.45, 2.75) is 6.42 Å². The molecule has 92 valence electrons. The number of nitrogens with zero attached hydrogens (tertiary/aromatic N) is 1. The Morgan fingerprint density at radius 1 is 1.35 bits per heavy atom. The lowest BCUT2D eigenvalue weighted by Crippen LogP contribution is -2.36. The number of para-hydroxylation sites is 1. The quantitative estimate of drug-likeness (QED) is 0.350. The molecule has 1 aliphatic heterocycles. The summed E-state index contributed by atoms with van der Waals surface area (Å²) in [6.45, 7) is 0. The number of amidine groups is 1. The summed E-state index contributed by atoms with van der Waals surface area (Å²) in [5, 5.41) is 0. The van der Waals surface area contributed by atoms with Gasteiger partial charge in [-0.15, -0.1) is 0 Å². The summed E-state index contributed by atoms with van der Waals surface area (Å²) in [5.41, 5.74) is 3.28. The fourth-order valence-electron chi connectivity index (χ4n) is 1.89. The lowest BCUT2D eigenvalue weighted by atomic mass is 10.1. The van der Waals surface area contributed by atoms with E-state index in [1.807, 2.05) is 30.3 Å². The SMILES string of the molecule is NNC(=Nc1ccccc1)C1CCS(=O)(=O)C1. The molecule has 1 aromatic carbocycles. The van der Waals surface area contributed by atoms with E-state index < -0.39 is 9.84 Å². The maximum atomic E-state index is 11.4. The Kier molecular flexibility index (Phi) is 3.44. The number of sulfone groups is 1. The van der Waals surface area contributed by atoms with Crippen LogP contribution in [0.25, 0.3) is 0 Å². The molecule has 5 nitrogen and oxygen atoms in total. The number of nitrogens with one attached hydrogen (secondary N) is 1. The molecule has 17 heavy (non-hydrogen) atoms. The minimum Gasteiger partial charge on any atom is -0.312 e. The first-order valence-corrected chi connectivity index (χ1v) is 7.23. The van der Waals surface area contributed by atoms with E-state index in [2.05, 4.69) is 10.4 Å². The van der Waals surface area contributed by atoms with Crippen molar-refractivity contribution < 1.29 is 8.42 Å². The van der Waals surface area contributed by atoms with Gasteiger partial charge >= 0.3 is 0 Å².